The fourth-order valence-electron chi connectivity index (χ4n) is 2.00. The number of ether oxygens (including phenoxy) is 2. The summed E-state index contributed by atoms with van der Waals surface area (Å²) in [5.74, 6) is -0.601. The number of carbonyl (C=O) groups is 2. The fraction of sp³-hybridized carbons (Fsp3) is 0.333. The third-order valence-electron chi connectivity index (χ3n) is 3.86. The van der Waals surface area contributed by atoms with Crippen LogP contribution in [0.15, 0.2) is 79.4 Å². The van der Waals surface area contributed by atoms with Gasteiger partial charge in [-0.2, -0.15) is 0 Å². The van der Waals surface area contributed by atoms with Crippen LogP contribution >= 0.6 is 8.25 Å². The Hall–Kier alpha value is 1.75. The predicted molar refractivity (Wildman–Crippen MR) is 149 cm³/mol. The van der Waals surface area contributed by atoms with Gasteiger partial charge in [0, 0.05) is 12.2 Å². The van der Waals surface area contributed by atoms with Gasteiger partial charge in [0.05, 0.1) is 13.2 Å². The molecule has 2 aromatic carbocycles. The van der Waals surface area contributed by atoms with Gasteiger partial charge in [-0.3, -0.25) is 0 Å². The summed E-state index contributed by atoms with van der Waals surface area (Å²) >= 11 is 2.50. The first-order valence-corrected chi connectivity index (χ1v) is 29.5. The van der Waals surface area contributed by atoms with E-state index < -0.39 is 8.25 Å². The number of hydrogen-bond acceptors (Lipinski definition) is 8. The number of esters is 2. The number of benzene rings is 2. The molecule has 0 heterocycles. The Morgan fingerprint density at radius 2 is 1.31 bits per heavy atom. The first kappa shape index (κ1) is 47.7. The molecule has 0 spiro atoms. The Labute approximate surface area is 322 Å². The molecular weight excluding hydrogens is 601 g/mol. The van der Waals surface area contributed by atoms with E-state index >= 15 is 0 Å². The molecule has 0 aliphatic heterocycles. The second-order valence-electron chi connectivity index (χ2n) is 6.94. The van der Waals surface area contributed by atoms with Crippen LogP contribution in [0.25, 0.3) is 6.08 Å². The predicted octanol–water partition coefficient (Wildman–Crippen LogP) is 1.09. The number of aryl methyl sites for hydroxylation is 1. The molecule has 0 aliphatic rings. The van der Waals surface area contributed by atoms with Crippen molar-refractivity contribution in [2.75, 3.05) is 13.2 Å². The molecule has 1 atom stereocenters. The van der Waals surface area contributed by atoms with Crippen LogP contribution in [0.5, 0.6) is 0 Å². The normalized spacial score (nSPS) is 9.21. The van der Waals surface area contributed by atoms with Crippen LogP contribution in [-0.4, -0.2) is 88.3 Å². The van der Waals surface area contributed by atoms with E-state index in [2.05, 4.69) is 42.0 Å². The summed E-state index contributed by atoms with van der Waals surface area (Å²) in [5, 5.41) is 8.53. The maximum absolute atomic E-state index is 11.2. The summed E-state index contributed by atoms with van der Waals surface area (Å²) in [7, 11) is -3.15. The Morgan fingerprint density at radius 3 is 1.64 bits per heavy atom. The molecule has 0 amide bonds. The fourth-order valence-corrected chi connectivity index (χ4v) is 2.00. The van der Waals surface area contributed by atoms with Crippen molar-refractivity contribution in [1.29, 1.82) is 0 Å². The molecule has 0 saturated heterocycles. The van der Waals surface area contributed by atoms with Gasteiger partial charge in [0.2, 0.25) is 0 Å². The van der Waals surface area contributed by atoms with E-state index in [4.69, 9.17) is 19.5 Å². The van der Waals surface area contributed by atoms with E-state index in [0.29, 0.717) is 13.2 Å². The zero-order valence-electron chi connectivity index (χ0n) is 24.2. The van der Waals surface area contributed by atoms with Crippen molar-refractivity contribution in [2.24, 2.45) is 0 Å². The Morgan fingerprint density at radius 1 is 0.897 bits per heavy atom. The van der Waals surface area contributed by atoms with E-state index in [1.165, 1.54) is 80.9 Å². The topological polar surface area (TPSA) is 125 Å². The van der Waals surface area contributed by atoms with Gasteiger partial charge in [0.25, 0.3) is 0 Å². The Balaban J connectivity index is -0.000000220. The van der Waals surface area contributed by atoms with Crippen LogP contribution in [0, 0.1) is 6.92 Å². The van der Waals surface area contributed by atoms with Gasteiger partial charge in [0.1, 0.15) is 0 Å². The van der Waals surface area contributed by atoms with Gasteiger partial charge < -0.3 is 19.6 Å². The van der Waals surface area contributed by atoms with Crippen molar-refractivity contribution in [3.8, 4) is 0 Å². The number of hydrogen-bond donors (Lipinski definition) is 0. The summed E-state index contributed by atoms with van der Waals surface area (Å²) in [6.07, 6.45) is 8.33. The summed E-state index contributed by atoms with van der Waals surface area (Å²) in [4.78, 5) is 30.4. The van der Waals surface area contributed by atoms with E-state index in [-0.39, 0.29) is 63.3 Å². The molecule has 0 aliphatic carbocycles. The molecule has 0 N–H and O–H groups in total. The average molecular weight is 637 g/mol. The molecule has 12 heteroatoms. The van der Waals surface area contributed by atoms with Crippen LogP contribution < -0.4 is 61.5 Å². The van der Waals surface area contributed by atoms with Crippen molar-refractivity contribution in [1.82, 2.24) is 0 Å². The minimum absolute atomic E-state index is 0. The molecule has 0 bridgehead atoms. The van der Waals surface area contributed by atoms with Crippen LogP contribution in [0.4, 0.5) is 0 Å². The minimum atomic E-state index is -3.15. The van der Waals surface area contributed by atoms with Gasteiger partial charge in [-0.15, -0.1) is 0 Å². The molecule has 1 unspecified atom stereocenters. The molecule has 0 fully saturated rings. The van der Waals surface area contributed by atoms with Gasteiger partial charge in [-0.1, -0.05) is 99.5 Å². The SMILES string of the molecule is C=CC(=O)OCCCC.CCCCOC(=O)/C=C/c1ccccc1.Cc1ccccc1.O=[P+]([O-])O[O-].[K+].[K][K]. The second-order valence-corrected chi connectivity index (χ2v) is 7.54. The van der Waals surface area contributed by atoms with Gasteiger partial charge in [-0.25, -0.2) is 14.3 Å². The maximum atomic E-state index is 11.2. The monoisotopic (exact) mass is 636 g/mol. The van der Waals surface area contributed by atoms with Crippen molar-refractivity contribution >= 4 is 89.4 Å². The second kappa shape index (κ2) is 39.7. The zero-order chi connectivity index (χ0) is 29.4. The molecule has 0 saturated carbocycles. The van der Waals surface area contributed by atoms with Crippen molar-refractivity contribution in [2.45, 2.75) is 46.5 Å². The number of unbranched alkanes of at least 4 members (excludes halogenated alkanes) is 2. The van der Waals surface area contributed by atoms with Gasteiger partial charge >= 0.3 is 135 Å². The van der Waals surface area contributed by atoms with E-state index in [1.807, 2.05) is 55.5 Å². The van der Waals surface area contributed by atoms with Gasteiger partial charge in [-0.05, 0) is 36.0 Å². The van der Waals surface area contributed by atoms with E-state index in [1.54, 1.807) is 6.08 Å². The van der Waals surface area contributed by atoms with E-state index in [9.17, 15) is 9.59 Å². The van der Waals surface area contributed by atoms with Crippen LogP contribution in [0.3, 0.4) is 0 Å². The molecule has 39 heavy (non-hydrogen) atoms. The van der Waals surface area contributed by atoms with Crippen LogP contribution in [-0.2, 0) is 28.3 Å². The Bertz CT molecular complexity index is 870. The summed E-state index contributed by atoms with van der Waals surface area (Å²) in [6, 6.07) is 19.9. The summed E-state index contributed by atoms with van der Waals surface area (Å²) in [6.45, 7) is 10.5. The average Bonchev–Trinajstić information content (AvgIpc) is 2.95. The summed E-state index contributed by atoms with van der Waals surface area (Å²) in [5.41, 5.74) is 2.33. The zero-order valence-corrected chi connectivity index (χ0v) is 34.4. The van der Waals surface area contributed by atoms with Gasteiger partial charge in [0.15, 0.2) is 0 Å². The quantitative estimate of drug-likeness (QED) is 0.0722. The standard InChI is InChI=1S/C13H16O2.C7H12O2.C7H8.3K.HO4P/c1-2-3-11-15-13(14)10-9-12-7-5-4-6-8-12;1-3-5-6-9-7(8)4-2;1-7-5-3-2-4-6-7;;;;1-4-5(2)3/h4-10H,2-3,11H2,1H3;4H,2-3,5-6H2,1H3;2-6H,1H3;;;;1H/q;;;;;+1;/p-1/b10-9+;;;;;;. The first-order chi connectivity index (χ1) is 18.3. The molecule has 2 aromatic rings. The number of rotatable bonds is 10. The summed E-state index contributed by atoms with van der Waals surface area (Å²) < 4.78 is 21.0. The third kappa shape index (κ3) is 41.9. The van der Waals surface area contributed by atoms with Crippen molar-refractivity contribution in [3.63, 3.8) is 0 Å². The van der Waals surface area contributed by atoms with Crippen LogP contribution in [0.2, 0.25) is 0 Å². The molecule has 0 aromatic heterocycles. The molecule has 0 radical (unpaired) electrons. The number of carbonyl (C=O) groups excluding carboxylic acids is 2. The molecular formula is C27H36K3O8P. The van der Waals surface area contributed by atoms with E-state index in [0.717, 1.165) is 31.2 Å². The molecule has 200 valence electrons. The van der Waals surface area contributed by atoms with Crippen LogP contribution in [0.1, 0.15) is 50.7 Å². The molecule has 2 rings (SSSR count). The van der Waals surface area contributed by atoms with Crippen molar-refractivity contribution < 1.29 is 89.8 Å². The first-order valence-electron chi connectivity index (χ1n) is 12.5. The third-order valence-corrected chi connectivity index (χ3v) is 3.99. The molecule has 8 nitrogen and oxygen atoms in total. The van der Waals surface area contributed by atoms with Crippen molar-refractivity contribution in [3.05, 3.63) is 90.5 Å². The Kier molecular flexibility index (Phi) is 48.6.